The van der Waals surface area contributed by atoms with Gasteiger partial charge in [-0.05, 0) is 39.3 Å². The first-order chi connectivity index (χ1) is 12.7. The third-order valence-electron chi connectivity index (χ3n) is 3.53. The van der Waals surface area contributed by atoms with Crippen molar-refractivity contribution in [1.82, 2.24) is 15.1 Å². The highest BCUT2D eigenvalue weighted by Gasteiger charge is 2.15. The van der Waals surface area contributed by atoms with Gasteiger partial charge in [0.05, 0.1) is 12.2 Å². The average Bonchev–Trinajstić information content (AvgIpc) is 2.84. The van der Waals surface area contributed by atoms with Crippen LogP contribution in [0, 0.1) is 6.92 Å². The Morgan fingerprint density at radius 3 is 2.56 bits per heavy atom. The standard InChI is InChI=1S/C20H24ClN3O3/c1-14-16(10-11-18(26)27-13-17(25)22-20(2,3)4)19(21)24(23-14)12-15-8-6-5-7-9-15/h5-11H,12-13H2,1-4H3,(H,22,25)/b11-10+. The van der Waals surface area contributed by atoms with Gasteiger partial charge in [-0.2, -0.15) is 5.10 Å². The topological polar surface area (TPSA) is 73.2 Å². The molecule has 1 amide bonds. The number of benzene rings is 1. The smallest absolute Gasteiger partial charge is 0.331 e. The lowest BCUT2D eigenvalue weighted by molar-refractivity contribution is -0.144. The number of nitrogens with one attached hydrogen (secondary N) is 1. The van der Waals surface area contributed by atoms with Gasteiger partial charge in [0.15, 0.2) is 6.61 Å². The molecule has 0 aliphatic rings. The van der Waals surface area contributed by atoms with Crippen LogP contribution in [0.5, 0.6) is 0 Å². The van der Waals surface area contributed by atoms with Gasteiger partial charge in [-0.25, -0.2) is 9.48 Å². The van der Waals surface area contributed by atoms with E-state index in [1.165, 1.54) is 6.08 Å². The quantitative estimate of drug-likeness (QED) is 0.607. The first kappa shape index (κ1) is 20.7. The van der Waals surface area contributed by atoms with Crippen molar-refractivity contribution >= 4 is 29.6 Å². The van der Waals surface area contributed by atoms with Gasteiger partial charge in [-0.15, -0.1) is 0 Å². The van der Waals surface area contributed by atoms with Crippen molar-refractivity contribution in [3.63, 3.8) is 0 Å². The third kappa shape index (κ3) is 6.57. The Morgan fingerprint density at radius 1 is 1.26 bits per heavy atom. The summed E-state index contributed by atoms with van der Waals surface area (Å²) in [6, 6.07) is 9.82. The number of carbonyl (C=O) groups is 2. The number of halogens is 1. The Morgan fingerprint density at radius 2 is 1.93 bits per heavy atom. The molecule has 0 aliphatic carbocycles. The zero-order valence-electron chi connectivity index (χ0n) is 16.0. The van der Waals surface area contributed by atoms with Crippen LogP contribution in [0.15, 0.2) is 36.4 Å². The summed E-state index contributed by atoms with van der Waals surface area (Å²) in [4.78, 5) is 23.5. The molecule has 0 saturated heterocycles. The van der Waals surface area contributed by atoms with E-state index in [1.807, 2.05) is 58.0 Å². The summed E-state index contributed by atoms with van der Waals surface area (Å²) in [6.07, 6.45) is 2.79. The van der Waals surface area contributed by atoms with Gasteiger partial charge in [0.2, 0.25) is 0 Å². The average molecular weight is 390 g/mol. The van der Waals surface area contributed by atoms with Crippen molar-refractivity contribution in [2.24, 2.45) is 0 Å². The summed E-state index contributed by atoms with van der Waals surface area (Å²) in [5.74, 6) is -0.973. The number of esters is 1. The second kappa shape index (κ2) is 8.86. The molecule has 1 heterocycles. The number of carbonyl (C=O) groups excluding carboxylic acids is 2. The van der Waals surface area contributed by atoms with Crippen molar-refractivity contribution < 1.29 is 14.3 Å². The molecular formula is C20H24ClN3O3. The second-order valence-electron chi connectivity index (χ2n) is 7.17. The van der Waals surface area contributed by atoms with Crippen molar-refractivity contribution in [3.05, 3.63) is 58.4 Å². The van der Waals surface area contributed by atoms with E-state index in [0.717, 1.165) is 5.56 Å². The number of aryl methyl sites for hydroxylation is 1. The van der Waals surface area contributed by atoms with Crippen LogP contribution in [0.3, 0.4) is 0 Å². The van der Waals surface area contributed by atoms with E-state index in [9.17, 15) is 9.59 Å². The summed E-state index contributed by atoms with van der Waals surface area (Å²) in [7, 11) is 0. The van der Waals surface area contributed by atoms with Crippen LogP contribution in [0.4, 0.5) is 0 Å². The molecule has 7 heteroatoms. The number of amides is 1. The molecule has 1 N–H and O–H groups in total. The van der Waals surface area contributed by atoms with E-state index in [2.05, 4.69) is 10.4 Å². The van der Waals surface area contributed by atoms with Crippen LogP contribution in [-0.2, 0) is 20.9 Å². The van der Waals surface area contributed by atoms with Crippen LogP contribution >= 0.6 is 11.6 Å². The van der Waals surface area contributed by atoms with Crippen LogP contribution in [0.25, 0.3) is 6.08 Å². The number of rotatable bonds is 6. The maximum absolute atomic E-state index is 11.8. The molecule has 0 unspecified atom stereocenters. The lowest BCUT2D eigenvalue weighted by atomic mass is 10.1. The number of nitrogens with zero attached hydrogens (tertiary/aromatic N) is 2. The molecule has 1 aromatic carbocycles. The van der Waals surface area contributed by atoms with E-state index in [4.69, 9.17) is 16.3 Å². The number of hydrogen-bond donors (Lipinski definition) is 1. The van der Waals surface area contributed by atoms with Crippen LogP contribution in [-0.4, -0.2) is 33.8 Å². The monoisotopic (exact) mass is 389 g/mol. The van der Waals surface area contributed by atoms with Crippen LogP contribution < -0.4 is 5.32 Å². The van der Waals surface area contributed by atoms with E-state index in [0.29, 0.717) is 23.0 Å². The van der Waals surface area contributed by atoms with Gasteiger partial charge >= 0.3 is 5.97 Å². The molecule has 0 spiro atoms. The summed E-state index contributed by atoms with van der Waals surface area (Å²) in [5.41, 5.74) is 2.04. The van der Waals surface area contributed by atoms with E-state index < -0.39 is 5.97 Å². The predicted molar refractivity (Wildman–Crippen MR) is 105 cm³/mol. The van der Waals surface area contributed by atoms with E-state index in [1.54, 1.807) is 10.8 Å². The Bertz CT molecular complexity index is 836. The SMILES string of the molecule is Cc1nn(Cc2ccccc2)c(Cl)c1/C=C/C(=O)OCC(=O)NC(C)(C)C. The molecule has 144 valence electrons. The molecule has 2 aromatic rings. The molecule has 0 fully saturated rings. The minimum absolute atomic E-state index is 0.333. The minimum atomic E-state index is -0.620. The third-order valence-corrected chi connectivity index (χ3v) is 3.93. The molecule has 6 nitrogen and oxygen atoms in total. The van der Waals surface area contributed by atoms with Crippen molar-refractivity contribution in [1.29, 1.82) is 0 Å². The van der Waals surface area contributed by atoms with Crippen molar-refractivity contribution in [3.8, 4) is 0 Å². The van der Waals surface area contributed by atoms with Gasteiger partial charge in [0.25, 0.3) is 5.91 Å². The van der Waals surface area contributed by atoms with E-state index >= 15 is 0 Å². The van der Waals surface area contributed by atoms with Gasteiger partial charge < -0.3 is 10.1 Å². The summed E-state index contributed by atoms with van der Waals surface area (Å²) < 4.78 is 6.62. The Labute approximate surface area is 164 Å². The minimum Gasteiger partial charge on any atom is -0.452 e. The number of aromatic nitrogens is 2. The fraction of sp³-hybridized carbons (Fsp3) is 0.350. The van der Waals surface area contributed by atoms with Gasteiger partial charge in [-0.1, -0.05) is 41.9 Å². The molecule has 1 aromatic heterocycles. The summed E-state index contributed by atoms with van der Waals surface area (Å²) in [5, 5.41) is 7.57. The fourth-order valence-corrected chi connectivity index (χ4v) is 2.71. The highest BCUT2D eigenvalue weighted by atomic mass is 35.5. The van der Waals surface area contributed by atoms with Crippen LogP contribution in [0.1, 0.15) is 37.6 Å². The normalized spacial score (nSPS) is 11.6. The molecule has 0 aliphatic heterocycles. The van der Waals surface area contributed by atoms with Crippen molar-refractivity contribution in [2.45, 2.75) is 39.8 Å². The molecule has 0 atom stereocenters. The van der Waals surface area contributed by atoms with Gasteiger partial charge in [0.1, 0.15) is 5.15 Å². The molecular weight excluding hydrogens is 366 g/mol. The molecule has 0 bridgehead atoms. The zero-order chi connectivity index (χ0) is 20.0. The zero-order valence-corrected chi connectivity index (χ0v) is 16.7. The Balaban J connectivity index is 1.98. The predicted octanol–water partition coefficient (Wildman–Crippen LogP) is 3.36. The molecule has 0 radical (unpaired) electrons. The molecule has 2 rings (SSSR count). The van der Waals surface area contributed by atoms with Crippen molar-refractivity contribution in [2.75, 3.05) is 6.61 Å². The number of hydrogen-bond acceptors (Lipinski definition) is 4. The Kier molecular flexibility index (Phi) is 6.80. The number of ether oxygens (including phenoxy) is 1. The molecule has 27 heavy (non-hydrogen) atoms. The second-order valence-corrected chi connectivity index (χ2v) is 7.53. The first-order valence-corrected chi connectivity index (χ1v) is 8.96. The lowest BCUT2D eigenvalue weighted by Gasteiger charge is -2.20. The largest absolute Gasteiger partial charge is 0.452 e. The fourth-order valence-electron chi connectivity index (χ4n) is 2.41. The maximum Gasteiger partial charge on any atom is 0.331 e. The summed E-state index contributed by atoms with van der Waals surface area (Å²) >= 11 is 6.40. The Hall–Kier alpha value is -2.60. The highest BCUT2D eigenvalue weighted by Crippen LogP contribution is 2.22. The van der Waals surface area contributed by atoms with Gasteiger partial charge in [-0.3, -0.25) is 4.79 Å². The lowest BCUT2D eigenvalue weighted by Crippen LogP contribution is -2.42. The highest BCUT2D eigenvalue weighted by molar-refractivity contribution is 6.31. The maximum atomic E-state index is 11.8. The summed E-state index contributed by atoms with van der Waals surface area (Å²) in [6.45, 7) is 7.57. The van der Waals surface area contributed by atoms with E-state index in [-0.39, 0.29) is 18.1 Å². The van der Waals surface area contributed by atoms with Crippen LogP contribution in [0.2, 0.25) is 5.15 Å². The van der Waals surface area contributed by atoms with Gasteiger partial charge in [0, 0.05) is 17.2 Å². The molecule has 0 saturated carbocycles. The first-order valence-electron chi connectivity index (χ1n) is 8.58.